The van der Waals surface area contributed by atoms with Crippen LogP contribution >= 0.6 is 34.4 Å². The largest absolute Gasteiger partial charge is 0.369 e. The van der Waals surface area contributed by atoms with Crippen LogP contribution in [-0.2, 0) is 5.75 Å². The third kappa shape index (κ3) is 5.42. The fourth-order valence-electron chi connectivity index (χ4n) is 1.18. The fraction of sp³-hybridized carbons (Fsp3) is 0.667. The molecule has 0 saturated carbocycles. The van der Waals surface area contributed by atoms with Gasteiger partial charge in [-0.1, -0.05) is 20.8 Å². The van der Waals surface area contributed by atoms with Crippen molar-refractivity contribution in [1.82, 2.24) is 9.97 Å². The van der Waals surface area contributed by atoms with E-state index in [9.17, 15) is 0 Å². The molecule has 1 rings (SSSR count). The van der Waals surface area contributed by atoms with E-state index >= 15 is 0 Å². The summed E-state index contributed by atoms with van der Waals surface area (Å²) in [7, 11) is 0. The summed E-state index contributed by atoms with van der Waals surface area (Å²) in [5.74, 6) is 2.80. The molecule has 1 unspecified atom stereocenters. The van der Waals surface area contributed by atoms with Gasteiger partial charge >= 0.3 is 0 Å². The van der Waals surface area contributed by atoms with E-state index in [0.717, 1.165) is 33.9 Å². The van der Waals surface area contributed by atoms with Crippen molar-refractivity contribution in [1.29, 1.82) is 0 Å². The van der Waals surface area contributed by atoms with Crippen molar-refractivity contribution >= 4 is 40.2 Å². The zero-order chi connectivity index (χ0) is 12.7. The van der Waals surface area contributed by atoms with Crippen molar-refractivity contribution < 1.29 is 0 Å². The Labute approximate surface area is 122 Å². The molecule has 1 N–H and O–H groups in total. The predicted octanol–water partition coefficient (Wildman–Crippen LogP) is 3.93. The number of aromatic nitrogens is 2. The van der Waals surface area contributed by atoms with Gasteiger partial charge in [0.15, 0.2) is 0 Å². The number of nitrogens with one attached hydrogen (secondary N) is 1. The Hall–Kier alpha value is -0.0400. The van der Waals surface area contributed by atoms with E-state index in [1.807, 2.05) is 18.0 Å². The molecule has 3 nitrogen and oxygen atoms in total. The average Bonchev–Trinajstić information content (AvgIpc) is 2.35. The number of hydrogen-bond donors (Lipinski definition) is 1. The number of nitrogens with zero attached hydrogens (tertiary/aromatic N) is 2. The molecule has 1 atom stereocenters. The zero-order valence-electron chi connectivity index (χ0n) is 10.7. The highest BCUT2D eigenvalue weighted by molar-refractivity contribution is 14.1. The topological polar surface area (TPSA) is 37.8 Å². The van der Waals surface area contributed by atoms with Gasteiger partial charge in [-0.05, 0) is 35.4 Å². The van der Waals surface area contributed by atoms with Gasteiger partial charge in [0.2, 0.25) is 0 Å². The van der Waals surface area contributed by atoms with E-state index in [2.05, 4.69) is 58.6 Å². The maximum Gasteiger partial charge on any atom is 0.143 e. The highest BCUT2D eigenvalue weighted by Crippen LogP contribution is 2.20. The van der Waals surface area contributed by atoms with Crippen molar-refractivity contribution in [2.75, 3.05) is 11.9 Å². The van der Waals surface area contributed by atoms with Gasteiger partial charge in [-0.15, -0.1) is 0 Å². The Morgan fingerprint density at radius 3 is 2.88 bits per heavy atom. The molecular formula is C12H20IN3S. The van der Waals surface area contributed by atoms with E-state index < -0.39 is 0 Å². The van der Waals surface area contributed by atoms with E-state index in [1.165, 1.54) is 6.42 Å². The molecule has 0 aliphatic carbocycles. The van der Waals surface area contributed by atoms with Gasteiger partial charge in [-0.3, -0.25) is 0 Å². The number of halogens is 1. The molecule has 96 valence electrons. The molecule has 0 bridgehead atoms. The lowest BCUT2D eigenvalue weighted by Gasteiger charge is -2.10. The molecule has 1 aromatic rings. The minimum atomic E-state index is 0.671. The van der Waals surface area contributed by atoms with Crippen LogP contribution < -0.4 is 5.32 Å². The summed E-state index contributed by atoms with van der Waals surface area (Å²) >= 11 is 4.18. The van der Waals surface area contributed by atoms with Gasteiger partial charge in [-0.2, -0.15) is 11.8 Å². The lowest BCUT2D eigenvalue weighted by atomic mass is 10.4. The van der Waals surface area contributed by atoms with Crippen LogP contribution in [0.3, 0.4) is 0 Å². The Bertz CT molecular complexity index is 347. The van der Waals surface area contributed by atoms with Crippen LogP contribution in [-0.4, -0.2) is 21.8 Å². The Kier molecular flexibility index (Phi) is 7.18. The molecule has 0 saturated heterocycles. The van der Waals surface area contributed by atoms with Crippen molar-refractivity contribution in [2.24, 2.45) is 0 Å². The summed E-state index contributed by atoms with van der Waals surface area (Å²) < 4.78 is 1.09. The lowest BCUT2D eigenvalue weighted by Crippen LogP contribution is -2.07. The standard InChI is InChI=1S/C12H20IN3S/c1-4-6-14-12-10(13)7-15-11(16-12)8-17-9(3)5-2/h7,9H,4-6,8H2,1-3H3,(H,14,15,16). The van der Waals surface area contributed by atoms with Crippen LogP contribution in [0.15, 0.2) is 6.20 Å². The predicted molar refractivity (Wildman–Crippen MR) is 84.6 cm³/mol. The summed E-state index contributed by atoms with van der Waals surface area (Å²) in [5.41, 5.74) is 0. The molecule has 17 heavy (non-hydrogen) atoms. The van der Waals surface area contributed by atoms with Crippen LogP contribution in [0.25, 0.3) is 0 Å². The molecule has 1 heterocycles. The minimum absolute atomic E-state index is 0.671. The first-order valence-electron chi connectivity index (χ1n) is 6.04. The van der Waals surface area contributed by atoms with E-state index in [4.69, 9.17) is 0 Å². The first-order chi connectivity index (χ1) is 8.17. The van der Waals surface area contributed by atoms with Crippen LogP contribution in [0.1, 0.15) is 39.4 Å². The molecule has 0 amide bonds. The first-order valence-corrected chi connectivity index (χ1v) is 8.17. The van der Waals surface area contributed by atoms with Crippen molar-refractivity contribution in [2.45, 2.75) is 44.6 Å². The SMILES string of the molecule is CCCNc1nc(CSC(C)CC)ncc1I. The molecule has 0 aliphatic heterocycles. The molecule has 0 fully saturated rings. The van der Waals surface area contributed by atoms with Gasteiger partial charge in [0.25, 0.3) is 0 Å². The van der Waals surface area contributed by atoms with Gasteiger partial charge < -0.3 is 5.32 Å². The second-order valence-corrected chi connectivity index (χ2v) is 6.53. The molecule has 0 radical (unpaired) electrons. The van der Waals surface area contributed by atoms with Gasteiger partial charge in [-0.25, -0.2) is 9.97 Å². The quantitative estimate of drug-likeness (QED) is 0.743. The number of hydrogen-bond acceptors (Lipinski definition) is 4. The van der Waals surface area contributed by atoms with Gasteiger partial charge in [0, 0.05) is 18.0 Å². The molecular weight excluding hydrogens is 345 g/mol. The van der Waals surface area contributed by atoms with Crippen molar-refractivity contribution in [3.05, 3.63) is 15.6 Å². The fourth-order valence-corrected chi connectivity index (χ4v) is 2.43. The van der Waals surface area contributed by atoms with E-state index in [0.29, 0.717) is 5.25 Å². The normalized spacial score (nSPS) is 12.5. The Morgan fingerprint density at radius 1 is 1.47 bits per heavy atom. The Morgan fingerprint density at radius 2 is 2.24 bits per heavy atom. The van der Waals surface area contributed by atoms with Crippen LogP contribution in [0.5, 0.6) is 0 Å². The smallest absolute Gasteiger partial charge is 0.143 e. The second-order valence-electron chi connectivity index (χ2n) is 3.94. The Balaban J connectivity index is 2.61. The van der Waals surface area contributed by atoms with Crippen LogP contribution in [0.4, 0.5) is 5.82 Å². The maximum absolute atomic E-state index is 4.57. The van der Waals surface area contributed by atoms with E-state index in [-0.39, 0.29) is 0 Å². The monoisotopic (exact) mass is 365 g/mol. The lowest BCUT2D eigenvalue weighted by molar-refractivity contribution is 0.899. The molecule has 5 heteroatoms. The summed E-state index contributed by atoms with van der Waals surface area (Å²) in [6.45, 7) is 7.57. The first kappa shape index (κ1) is 15.0. The van der Waals surface area contributed by atoms with Crippen molar-refractivity contribution in [3.8, 4) is 0 Å². The minimum Gasteiger partial charge on any atom is -0.369 e. The van der Waals surface area contributed by atoms with E-state index in [1.54, 1.807) is 0 Å². The number of rotatable bonds is 7. The number of anilines is 1. The zero-order valence-corrected chi connectivity index (χ0v) is 13.6. The highest BCUT2D eigenvalue weighted by atomic mass is 127. The summed E-state index contributed by atoms with van der Waals surface area (Å²) in [6.07, 6.45) is 4.20. The third-order valence-corrected chi connectivity index (χ3v) is 4.52. The molecule has 0 aliphatic rings. The molecule has 0 spiro atoms. The highest BCUT2D eigenvalue weighted by Gasteiger charge is 2.06. The average molecular weight is 365 g/mol. The van der Waals surface area contributed by atoms with Crippen LogP contribution in [0, 0.1) is 3.57 Å². The van der Waals surface area contributed by atoms with Gasteiger partial charge in [0.1, 0.15) is 11.6 Å². The molecule has 0 aromatic carbocycles. The maximum atomic E-state index is 4.57. The van der Waals surface area contributed by atoms with Crippen molar-refractivity contribution in [3.63, 3.8) is 0 Å². The van der Waals surface area contributed by atoms with Crippen LogP contribution in [0.2, 0.25) is 0 Å². The number of thioether (sulfide) groups is 1. The van der Waals surface area contributed by atoms with Gasteiger partial charge in [0.05, 0.1) is 9.32 Å². The summed E-state index contributed by atoms with van der Waals surface area (Å²) in [6, 6.07) is 0. The second kappa shape index (κ2) is 8.13. The summed E-state index contributed by atoms with van der Waals surface area (Å²) in [5, 5.41) is 4.01. The summed E-state index contributed by atoms with van der Waals surface area (Å²) in [4.78, 5) is 8.94. The third-order valence-electron chi connectivity index (χ3n) is 2.41. The molecule has 1 aromatic heterocycles.